The molecule has 2 rings (SSSR count). The number of benzene rings is 1. The lowest BCUT2D eigenvalue weighted by atomic mass is 9.93. The van der Waals surface area contributed by atoms with Gasteiger partial charge in [-0.1, -0.05) is 18.7 Å². The van der Waals surface area contributed by atoms with Crippen LogP contribution in [-0.2, 0) is 9.53 Å². The van der Waals surface area contributed by atoms with Crippen LogP contribution in [0.2, 0.25) is 0 Å². The first-order valence-corrected chi connectivity index (χ1v) is 4.94. The number of hydrogen-bond donors (Lipinski definition) is 1. The van der Waals surface area contributed by atoms with Gasteiger partial charge in [0.25, 0.3) is 0 Å². The molecule has 1 aliphatic heterocycles. The molecule has 1 heterocycles. The molecule has 0 aliphatic carbocycles. The number of rotatable bonds is 3. The zero-order chi connectivity index (χ0) is 11.7. The second-order valence-electron chi connectivity index (χ2n) is 3.78. The van der Waals surface area contributed by atoms with E-state index in [0.717, 1.165) is 11.1 Å². The quantitative estimate of drug-likeness (QED) is 0.788. The summed E-state index contributed by atoms with van der Waals surface area (Å²) in [6, 6.07) is 6.74. The van der Waals surface area contributed by atoms with Gasteiger partial charge in [-0.2, -0.15) is 0 Å². The zero-order valence-corrected chi connectivity index (χ0v) is 8.93. The minimum Gasteiger partial charge on any atom is -0.508 e. The summed E-state index contributed by atoms with van der Waals surface area (Å²) < 4.78 is 5.11. The third kappa shape index (κ3) is 1.72. The van der Waals surface area contributed by atoms with Gasteiger partial charge in [0.15, 0.2) is 6.10 Å². The lowest BCUT2D eigenvalue weighted by Crippen LogP contribution is -2.30. The van der Waals surface area contributed by atoms with Crippen molar-refractivity contribution in [2.24, 2.45) is 0 Å². The molecule has 0 fully saturated rings. The molecule has 0 bridgehead atoms. The normalized spacial score (nSPS) is 18.1. The second-order valence-corrected chi connectivity index (χ2v) is 3.78. The Balaban J connectivity index is 2.25. The van der Waals surface area contributed by atoms with E-state index in [0.29, 0.717) is 5.57 Å². The van der Waals surface area contributed by atoms with Crippen LogP contribution < -0.4 is 0 Å². The summed E-state index contributed by atoms with van der Waals surface area (Å²) in [5.41, 5.74) is 2.05. The fourth-order valence-electron chi connectivity index (χ4n) is 1.54. The number of carbonyl (C=O) groups is 1. The maximum Gasteiger partial charge on any atom is 0.203 e. The van der Waals surface area contributed by atoms with Crippen molar-refractivity contribution in [3.05, 3.63) is 48.2 Å². The Morgan fingerprint density at radius 1 is 1.50 bits per heavy atom. The molecule has 3 heteroatoms. The van der Waals surface area contributed by atoms with E-state index in [1.807, 2.05) is 6.07 Å². The molecule has 0 aromatic heterocycles. The van der Waals surface area contributed by atoms with Crippen molar-refractivity contribution in [3.8, 4) is 5.75 Å². The van der Waals surface area contributed by atoms with Gasteiger partial charge in [0.1, 0.15) is 5.75 Å². The van der Waals surface area contributed by atoms with E-state index in [1.165, 1.54) is 6.26 Å². The molecule has 1 atom stereocenters. The van der Waals surface area contributed by atoms with Gasteiger partial charge in [-0.25, -0.2) is 0 Å². The predicted octanol–water partition coefficient (Wildman–Crippen LogP) is 2.28. The molecule has 1 N–H and O–H groups in total. The number of phenols is 1. The first kappa shape index (κ1) is 10.5. The maximum atomic E-state index is 11.7. The minimum atomic E-state index is -0.570. The molecule has 82 valence electrons. The van der Waals surface area contributed by atoms with E-state index in [4.69, 9.17) is 4.74 Å². The highest BCUT2D eigenvalue weighted by atomic mass is 16.5. The Bertz CT molecular complexity index is 486. The summed E-state index contributed by atoms with van der Waals surface area (Å²) in [5.74, 6) is 0.0488. The Kier molecular flexibility index (Phi) is 2.52. The van der Waals surface area contributed by atoms with Gasteiger partial charge in [0, 0.05) is 5.57 Å². The summed E-state index contributed by atoms with van der Waals surface area (Å²) in [6.45, 7) is 5.25. The molecule has 0 amide bonds. The molecule has 3 nitrogen and oxygen atoms in total. The molecule has 1 aromatic rings. The monoisotopic (exact) mass is 216 g/mol. The van der Waals surface area contributed by atoms with E-state index in [1.54, 1.807) is 25.1 Å². The van der Waals surface area contributed by atoms with Crippen molar-refractivity contribution >= 4 is 11.4 Å². The number of phenolic OH excluding ortho intramolecular Hbond substituents is 1. The fourth-order valence-corrected chi connectivity index (χ4v) is 1.54. The van der Waals surface area contributed by atoms with Crippen LogP contribution in [0.25, 0.3) is 5.57 Å². The van der Waals surface area contributed by atoms with Crippen LogP contribution >= 0.6 is 0 Å². The topological polar surface area (TPSA) is 46.5 Å². The summed E-state index contributed by atoms with van der Waals surface area (Å²) in [6.07, 6.45) is 0.958. The molecule has 1 unspecified atom stereocenters. The van der Waals surface area contributed by atoms with Gasteiger partial charge in [-0.3, -0.25) is 4.79 Å². The number of ether oxygens (including phenoxy) is 1. The fraction of sp³-hybridized carbons (Fsp3) is 0.154. The SMILES string of the molecule is C=C(C)C(=O)C1OC=C1c1cccc(O)c1. The van der Waals surface area contributed by atoms with E-state index in [2.05, 4.69) is 6.58 Å². The van der Waals surface area contributed by atoms with Crippen molar-refractivity contribution < 1.29 is 14.6 Å². The molecule has 0 radical (unpaired) electrons. The van der Waals surface area contributed by atoms with Gasteiger partial charge in [0.2, 0.25) is 5.78 Å². The number of carbonyl (C=O) groups excluding carboxylic acids is 1. The molecule has 1 aromatic carbocycles. The summed E-state index contributed by atoms with van der Waals surface area (Å²) >= 11 is 0. The van der Waals surface area contributed by atoms with Crippen LogP contribution in [0.3, 0.4) is 0 Å². The Labute approximate surface area is 93.7 Å². The Morgan fingerprint density at radius 3 is 2.75 bits per heavy atom. The lowest BCUT2D eigenvalue weighted by Gasteiger charge is -2.27. The average molecular weight is 216 g/mol. The first-order chi connectivity index (χ1) is 7.59. The Hall–Kier alpha value is -2.03. The van der Waals surface area contributed by atoms with Gasteiger partial charge in [-0.05, 0) is 30.2 Å². The lowest BCUT2D eigenvalue weighted by molar-refractivity contribution is -0.122. The van der Waals surface area contributed by atoms with Crippen molar-refractivity contribution in [3.63, 3.8) is 0 Å². The number of aromatic hydroxyl groups is 1. The third-order valence-electron chi connectivity index (χ3n) is 2.45. The highest BCUT2D eigenvalue weighted by Gasteiger charge is 2.32. The molecular formula is C13H12O3. The molecule has 0 saturated carbocycles. The van der Waals surface area contributed by atoms with Crippen molar-refractivity contribution in [2.75, 3.05) is 0 Å². The maximum absolute atomic E-state index is 11.7. The minimum absolute atomic E-state index is 0.124. The summed E-state index contributed by atoms with van der Waals surface area (Å²) in [4.78, 5) is 11.7. The van der Waals surface area contributed by atoms with Gasteiger partial charge < -0.3 is 9.84 Å². The number of ketones is 1. The third-order valence-corrected chi connectivity index (χ3v) is 2.45. The molecule has 16 heavy (non-hydrogen) atoms. The smallest absolute Gasteiger partial charge is 0.203 e. The number of hydrogen-bond acceptors (Lipinski definition) is 3. The van der Waals surface area contributed by atoms with Crippen LogP contribution in [-0.4, -0.2) is 17.0 Å². The summed E-state index contributed by atoms with van der Waals surface area (Å²) in [5, 5.41) is 9.35. The first-order valence-electron chi connectivity index (χ1n) is 4.94. The number of Topliss-reactive ketones (excluding diaryl/α,β-unsaturated/α-hetero) is 1. The van der Waals surface area contributed by atoms with Crippen LogP contribution in [0.5, 0.6) is 5.75 Å². The standard InChI is InChI=1S/C13H12O3/c1-8(2)12(15)13-11(7-16-13)9-4-3-5-10(14)6-9/h3-7,13-14H,1H2,2H3. The second kappa shape index (κ2) is 3.85. The van der Waals surface area contributed by atoms with E-state index >= 15 is 0 Å². The van der Waals surface area contributed by atoms with E-state index in [-0.39, 0.29) is 11.5 Å². The van der Waals surface area contributed by atoms with Crippen LogP contribution in [0.1, 0.15) is 12.5 Å². The van der Waals surface area contributed by atoms with E-state index in [9.17, 15) is 9.90 Å². The summed E-state index contributed by atoms with van der Waals surface area (Å²) in [7, 11) is 0. The van der Waals surface area contributed by atoms with Crippen LogP contribution in [0.15, 0.2) is 42.7 Å². The van der Waals surface area contributed by atoms with E-state index < -0.39 is 6.10 Å². The average Bonchev–Trinajstić information content (AvgIpc) is 2.15. The Morgan fingerprint density at radius 2 is 2.25 bits per heavy atom. The molecular weight excluding hydrogens is 204 g/mol. The highest BCUT2D eigenvalue weighted by molar-refractivity contribution is 6.07. The van der Waals surface area contributed by atoms with Gasteiger partial charge in [0.05, 0.1) is 6.26 Å². The highest BCUT2D eigenvalue weighted by Crippen LogP contribution is 2.32. The van der Waals surface area contributed by atoms with Gasteiger partial charge >= 0.3 is 0 Å². The zero-order valence-electron chi connectivity index (χ0n) is 8.93. The van der Waals surface area contributed by atoms with Gasteiger partial charge in [-0.15, -0.1) is 0 Å². The van der Waals surface area contributed by atoms with Crippen LogP contribution in [0.4, 0.5) is 0 Å². The molecule has 0 saturated heterocycles. The van der Waals surface area contributed by atoms with Crippen molar-refractivity contribution in [1.82, 2.24) is 0 Å². The molecule has 1 aliphatic rings. The largest absolute Gasteiger partial charge is 0.508 e. The van der Waals surface area contributed by atoms with Crippen molar-refractivity contribution in [2.45, 2.75) is 13.0 Å². The van der Waals surface area contributed by atoms with Crippen molar-refractivity contribution in [1.29, 1.82) is 0 Å². The molecule has 0 spiro atoms. The predicted molar refractivity (Wildman–Crippen MR) is 60.8 cm³/mol. The van der Waals surface area contributed by atoms with Crippen LogP contribution in [0, 0.1) is 0 Å².